The van der Waals surface area contributed by atoms with Crippen molar-refractivity contribution in [3.8, 4) is 0 Å². The van der Waals surface area contributed by atoms with E-state index in [0.29, 0.717) is 0 Å². The van der Waals surface area contributed by atoms with Crippen molar-refractivity contribution in [3.05, 3.63) is 74.5 Å². The smallest absolute Gasteiger partial charge is 0.0363 e. The molecule has 0 N–H and O–H groups in total. The molecule has 0 amide bonds. The molecular weight excluding hydrogens is 687 g/mol. The summed E-state index contributed by atoms with van der Waals surface area (Å²) >= 11 is 0. The molecule has 0 spiro atoms. The summed E-state index contributed by atoms with van der Waals surface area (Å²) in [6.45, 7) is 20.2. The Morgan fingerprint density at radius 3 is 1.18 bits per heavy atom. The fourth-order valence-corrected chi connectivity index (χ4v) is 6.19. The van der Waals surface area contributed by atoms with Crippen molar-refractivity contribution in [1.82, 2.24) is 0 Å². The van der Waals surface area contributed by atoms with Gasteiger partial charge in [-0.15, -0.1) is 0 Å². The van der Waals surface area contributed by atoms with Crippen LogP contribution >= 0.6 is 0 Å². The van der Waals surface area contributed by atoms with Gasteiger partial charge in [-0.1, -0.05) is 74.7 Å². The van der Waals surface area contributed by atoms with Gasteiger partial charge in [0.25, 0.3) is 0 Å². The molecule has 0 aliphatic carbocycles. The van der Waals surface area contributed by atoms with E-state index >= 15 is 0 Å². The second kappa shape index (κ2) is 15.3. The average Bonchev–Trinajstić information content (AvgIpc) is 2.80. The minimum absolute atomic E-state index is 0. The van der Waals surface area contributed by atoms with Crippen molar-refractivity contribution in [3.63, 3.8) is 0 Å². The van der Waals surface area contributed by atoms with E-state index in [1.54, 1.807) is 0 Å². The molecule has 0 aromatic heterocycles. The fraction of sp³-hybridized carbons (Fsp3) is 0.500. The molecule has 0 bridgehead atoms. The monoisotopic (exact) mass is 735 g/mol. The van der Waals surface area contributed by atoms with Crippen molar-refractivity contribution >= 4 is 27.5 Å². The van der Waals surface area contributed by atoms with Crippen molar-refractivity contribution in [2.24, 2.45) is 0 Å². The molecule has 2 rings (SSSR count). The quantitative estimate of drug-likeness (QED) is 0.161. The summed E-state index contributed by atoms with van der Waals surface area (Å²) in [5.74, 6) is 0. The standard InChI is InChI=1S/2C14H24NSi.Rf/c2*1-5-16(3,4)13-9-12-15(2)14-10-7-6-8-11-14;/h2*6-8,10-11H,1,5,9,12-13H2,2-4H3;/q2*-1;. The molecule has 0 heterocycles. The molecule has 0 unspecified atom stereocenters. The Kier molecular flexibility index (Phi) is 14.2. The van der Waals surface area contributed by atoms with Gasteiger partial charge in [0.05, 0.1) is 0 Å². The van der Waals surface area contributed by atoms with Crippen molar-refractivity contribution in [2.45, 2.75) is 63.2 Å². The van der Waals surface area contributed by atoms with Crippen LogP contribution in [0.5, 0.6) is 0 Å². The third-order valence-electron chi connectivity index (χ3n) is 6.44. The Balaban J connectivity index is 0.000000602. The Bertz CT molecular complexity index is 660. The number of hydrogen-bond acceptors (Lipinski definition) is 2. The van der Waals surface area contributed by atoms with Crippen molar-refractivity contribution < 1.29 is 0 Å². The normalized spacial score (nSPS) is 11.2. The molecule has 0 saturated carbocycles. The van der Waals surface area contributed by atoms with E-state index < -0.39 is 16.1 Å². The van der Waals surface area contributed by atoms with Gasteiger partial charge in [0.2, 0.25) is 0 Å². The molecule has 5 heteroatoms. The van der Waals surface area contributed by atoms with Gasteiger partial charge in [0, 0.05) is 54.7 Å². The van der Waals surface area contributed by atoms with Crippen LogP contribution < -0.4 is 9.80 Å². The fourth-order valence-electron chi connectivity index (χ4n) is 3.46. The minimum atomic E-state index is -0.983. The number of benzene rings is 2. The maximum atomic E-state index is 4.06. The Labute approximate surface area is 202 Å². The SMILES string of the molecule is [CH2-]C[Si](C)(C)CCCN(C)c1ccccc1.[CH2-]C[Si](C)(C)CCCN(C)c1ccccc1.[Rf]. The number of rotatable bonds is 12. The van der Waals surface area contributed by atoms with Gasteiger partial charge >= 0.3 is 0 Å². The van der Waals surface area contributed by atoms with E-state index in [0.717, 1.165) is 25.2 Å². The van der Waals surface area contributed by atoms with Crippen LogP contribution in [0, 0.1) is 13.8 Å². The molecule has 0 aliphatic rings. The first-order valence-electron chi connectivity index (χ1n) is 12.2. The van der Waals surface area contributed by atoms with Crippen LogP contribution in [0.25, 0.3) is 0 Å². The molecular formula is C28H48N2RfSi2-2. The summed E-state index contributed by atoms with van der Waals surface area (Å²) in [5.41, 5.74) is 2.63. The second-order valence-corrected chi connectivity index (χ2v) is 21.2. The molecule has 0 saturated heterocycles. The van der Waals surface area contributed by atoms with Gasteiger partial charge in [-0.2, -0.15) is 12.1 Å². The van der Waals surface area contributed by atoms with Gasteiger partial charge in [-0.25, -0.2) is 0 Å². The summed E-state index contributed by atoms with van der Waals surface area (Å²) in [4.78, 5) is 4.68. The van der Waals surface area contributed by atoms with Crippen LogP contribution in [0.3, 0.4) is 0 Å². The molecule has 182 valence electrons. The third-order valence-corrected chi connectivity index (χ3v) is 12.6. The molecule has 2 nitrogen and oxygen atoms in total. The first kappa shape index (κ1) is 30.5. The topological polar surface area (TPSA) is 6.48 Å². The van der Waals surface area contributed by atoms with Crippen molar-refractivity contribution in [2.75, 3.05) is 37.0 Å². The van der Waals surface area contributed by atoms with Gasteiger partial charge in [-0.05, 0) is 37.1 Å². The van der Waals surface area contributed by atoms with Gasteiger partial charge in [-0.3, -0.25) is 0 Å². The van der Waals surface area contributed by atoms with Crippen LogP contribution in [0.2, 0.25) is 50.4 Å². The summed E-state index contributed by atoms with van der Waals surface area (Å²) in [7, 11) is 2.38. The van der Waals surface area contributed by atoms with E-state index in [1.807, 2.05) is 0 Å². The Morgan fingerprint density at radius 1 is 0.606 bits per heavy atom. The number of anilines is 2. The maximum absolute atomic E-state index is 4.06. The molecule has 2 aromatic carbocycles. The number of nitrogens with zero attached hydrogens (tertiary/aromatic N) is 2. The molecule has 0 atom stereocenters. The van der Waals surface area contributed by atoms with Crippen molar-refractivity contribution in [1.29, 1.82) is 0 Å². The predicted octanol–water partition coefficient (Wildman–Crippen LogP) is 8.11. The minimum Gasteiger partial charge on any atom is -0.375 e. The second-order valence-electron chi connectivity index (χ2n) is 10.5. The zero-order valence-corrected chi connectivity index (χ0v) is 30.8. The molecule has 0 radical (unpaired) electrons. The third kappa shape index (κ3) is 12.9. The van der Waals surface area contributed by atoms with Crippen LogP contribution in [0.15, 0.2) is 60.7 Å². The Morgan fingerprint density at radius 2 is 0.909 bits per heavy atom. The number of para-hydroxylation sites is 2. The van der Waals surface area contributed by atoms with E-state index in [4.69, 9.17) is 0 Å². The van der Waals surface area contributed by atoms with E-state index in [9.17, 15) is 0 Å². The predicted molar refractivity (Wildman–Crippen MR) is 154 cm³/mol. The zero-order valence-electron chi connectivity index (χ0n) is 22.4. The van der Waals surface area contributed by atoms with Crippen LogP contribution in [0.4, 0.5) is 11.4 Å². The summed E-state index contributed by atoms with van der Waals surface area (Å²) < 4.78 is 0. The van der Waals surface area contributed by atoms with Crippen LogP contribution in [0.1, 0.15) is 12.8 Å². The largest absolute Gasteiger partial charge is 0.375 e. The van der Waals surface area contributed by atoms with Crippen LogP contribution in [-0.4, -0.2) is 43.3 Å². The van der Waals surface area contributed by atoms with E-state index in [2.05, 4.69) is 125 Å². The average molecular weight is 736 g/mol. The molecule has 0 aliphatic heterocycles. The van der Waals surface area contributed by atoms with E-state index in [1.165, 1.54) is 36.3 Å². The first-order valence-corrected chi connectivity index (χ1v) is 19.0. The maximum Gasteiger partial charge on any atom is 0.0363 e. The van der Waals surface area contributed by atoms with Gasteiger partial charge in [0.1, 0.15) is 0 Å². The molecule has 33 heavy (non-hydrogen) atoms. The first-order chi connectivity index (χ1) is 15.1. The van der Waals surface area contributed by atoms with Gasteiger partial charge in [0.15, 0.2) is 0 Å². The summed E-state index contributed by atoms with van der Waals surface area (Å²) in [6.07, 6.45) is 2.58. The van der Waals surface area contributed by atoms with E-state index in [-0.39, 0.29) is 0 Å². The summed E-state index contributed by atoms with van der Waals surface area (Å²) in [6, 6.07) is 26.3. The summed E-state index contributed by atoms with van der Waals surface area (Å²) in [5, 5.41) is 0. The zero-order chi connectivity index (χ0) is 24.0. The number of hydrogen-bond donors (Lipinski definition) is 0. The molecule has 2 aromatic rings. The van der Waals surface area contributed by atoms with Crippen LogP contribution in [-0.2, 0) is 0 Å². The van der Waals surface area contributed by atoms with Gasteiger partial charge < -0.3 is 23.6 Å². The molecule has 0 fully saturated rings. The Hall–Kier alpha value is -2.53.